The Hall–Kier alpha value is -1.16. The van der Waals surface area contributed by atoms with Gasteiger partial charge in [-0.05, 0) is 44.0 Å². The molecule has 1 fully saturated rings. The Bertz CT molecular complexity index is 387. The van der Waals surface area contributed by atoms with Crippen molar-refractivity contribution in [2.75, 3.05) is 7.11 Å². The molecule has 0 radical (unpaired) electrons. The molecule has 0 spiro atoms. The van der Waals surface area contributed by atoms with Crippen molar-refractivity contribution in [2.24, 2.45) is 0 Å². The lowest BCUT2D eigenvalue weighted by atomic mass is 10.3. The minimum absolute atomic E-state index is 0.0519. The number of amides is 1. The number of ether oxygens (including phenoxy) is 1. The molecule has 1 aliphatic carbocycles. The molecule has 0 bridgehead atoms. The Morgan fingerprint density at radius 1 is 1.41 bits per heavy atom. The summed E-state index contributed by atoms with van der Waals surface area (Å²) in [6, 6.07) is 8.21. The average molecular weight is 251 g/mol. The minimum atomic E-state index is -0.0519. The molecule has 17 heavy (non-hydrogen) atoms. The smallest absolute Gasteiger partial charge is 0.233 e. The maximum absolute atomic E-state index is 11.8. The van der Waals surface area contributed by atoms with Gasteiger partial charge in [0.05, 0.1) is 12.4 Å². The fourth-order valence-electron chi connectivity index (χ4n) is 1.46. The van der Waals surface area contributed by atoms with Crippen molar-refractivity contribution in [1.29, 1.82) is 0 Å². The van der Waals surface area contributed by atoms with Crippen LogP contribution >= 0.6 is 11.8 Å². The van der Waals surface area contributed by atoms with Crippen LogP contribution in [0, 0.1) is 0 Å². The van der Waals surface area contributed by atoms with Gasteiger partial charge in [-0.1, -0.05) is 0 Å². The zero-order chi connectivity index (χ0) is 12.3. The van der Waals surface area contributed by atoms with Crippen LogP contribution in [-0.2, 0) is 4.79 Å². The number of hydrogen-bond donors (Lipinski definition) is 1. The molecule has 0 aromatic heterocycles. The van der Waals surface area contributed by atoms with E-state index in [1.54, 1.807) is 18.9 Å². The molecule has 0 aliphatic heterocycles. The number of hydrogen-bond acceptors (Lipinski definition) is 3. The second-order valence-corrected chi connectivity index (χ2v) is 5.63. The number of methoxy groups -OCH3 is 1. The number of rotatable bonds is 5. The van der Waals surface area contributed by atoms with Crippen LogP contribution in [0.1, 0.15) is 19.8 Å². The summed E-state index contributed by atoms with van der Waals surface area (Å²) in [5, 5.41) is 2.96. The van der Waals surface area contributed by atoms with Crippen molar-refractivity contribution in [3.63, 3.8) is 0 Å². The Balaban J connectivity index is 1.87. The van der Waals surface area contributed by atoms with Gasteiger partial charge in [-0.25, -0.2) is 0 Å². The van der Waals surface area contributed by atoms with Crippen LogP contribution in [0.4, 0.5) is 0 Å². The van der Waals surface area contributed by atoms with Crippen molar-refractivity contribution in [2.45, 2.75) is 36.0 Å². The Labute approximate surface area is 106 Å². The third-order valence-electron chi connectivity index (χ3n) is 2.67. The van der Waals surface area contributed by atoms with E-state index in [1.165, 1.54) is 0 Å². The molecule has 4 heteroatoms. The van der Waals surface area contributed by atoms with E-state index in [0.29, 0.717) is 6.04 Å². The first-order chi connectivity index (χ1) is 8.19. The van der Waals surface area contributed by atoms with Gasteiger partial charge in [-0.15, -0.1) is 11.8 Å². The van der Waals surface area contributed by atoms with E-state index < -0.39 is 0 Å². The third kappa shape index (κ3) is 3.66. The maximum Gasteiger partial charge on any atom is 0.233 e. The summed E-state index contributed by atoms with van der Waals surface area (Å²) >= 11 is 1.57. The second kappa shape index (κ2) is 5.45. The summed E-state index contributed by atoms with van der Waals surface area (Å²) in [5.41, 5.74) is 0. The Morgan fingerprint density at radius 2 is 2.06 bits per heavy atom. The Morgan fingerprint density at radius 3 is 2.59 bits per heavy atom. The Kier molecular flexibility index (Phi) is 3.94. The molecule has 2 rings (SSSR count). The SMILES string of the molecule is COc1ccc(SC(C)C(=O)NC2CC2)cc1. The fraction of sp³-hybridized carbons (Fsp3) is 0.462. The molecular weight excluding hydrogens is 234 g/mol. The van der Waals surface area contributed by atoms with Crippen LogP contribution in [0.5, 0.6) is 5.75 Å². The number of carbonyl (C=O) groups is 1. The molecule has 1 atom stereocenters. The van der Waals surface area contributed by atoms with Gasteiger partial charge in [0.25, 0.3) is 0 Å². The molecule has 3 nitrogen and oxygen atoms in total. The summed E-state index contributed by atoms with van der Waals surface area (Å²) in [7, 11) is 1.65. The van der Waals surface area contributed by atoms with E-state index >= 15 is 0 Å². The number of carbonyl (C=O) groups excluding carboxylic acids is 1. The second-order valence-electron chi connectivity index (χ2n) is 4.22. The lowest BCUT2D eigenvalue weighted by Crippen LogP contribution is -2.32. The van der Waals surface area contributed by atoms with Crippen LogP contribution in [0.15, 0.2) is 29.2 Å². The first-order valence-electron chi connectivity index (χ1n) is 5.80. The van der Waals surface area contributed by atoms with Crippen LogP contribution in [0.25, 0.3) is 0 Å². The predicted octanol–water partition coefficient (Wildman–Crippen LogP) is 2.45. The van der Waals surface area contributed by atoms with Gasteiger partial charge in [-0.3, -0.25) is 4.79 Å². The van der Waals surface area contributed by atoms with Gasteiger partial charge < -0.3 is 10.1 Å². The average Bonchev–Trinajstić information content (AvgIpc) is 3.14. The summed E-state index contributed by atoms with van der Waals surface area (Å²) in [4.78, 5) is 12.9. The molecule has 92 valence electrons. The zero-order valence-electron chi connectivity index (χ0n) is 10.1. The third-order valence-corrected chi connectivity index (χ3v) is 3.78. The highest BCUT2D eigenvalue weighted by Crippen LogP contribution is 2.26. The summed E-state index contributed by atoms with van der Waals surface area (Å²) in [5.74, 6) is 0.970. The van der Waals surface area contributed by atoms with Crippen molar-refractivity contribution in [1.82, 2.24) is 5.32 Å². The van der Waals surface area contributed by atoms with E-state index in [0.717, 1.165) is 23.5 Å². The summed E-state index contributed by atoms with van der Waals surface area (Å²) < 4.78 is 5.09. The van der Waals surface area contributed by atoms with Crippen molar-refractivity contribution < 1.29 is 9.53 Å². The lowest BCUT2D eigenvalue weighted by Gasteiger charge is -2.11. The molecule has 1 N–H and O–H groups in total. The zero-order valence-corrected chi connectivity index (χ0v) is 10.9. The van der Waals surface area contributed by atoms with Crippen LogP contribution < -0.4 is 10.1 Å². The van der Waals surface area contributed by atoms with E-state index in [2.05, 4.69) is 5.32 Å². The number of nitrogens with one attached hydrogen (secondary N) is 1. The maximum atomic E-state index is 11.8. The van der Waals surface area contributed by atoms with Gasteiger partial charge >= 0.3 is 0 Å². The van der Waals surface area contributed by atoms with Crippen LogP contribution in [0.2, 0.25) is 0 Å². The molecule has 1 aromatic rings. The summed E-state index contributed by atoms with van der Waals surface area (Å²) in [6.07, 6.45) is 2.26. The van der Waals surface area contributed by atoms with E-state index in [1.807, 2.05) is 31.2 Å². The van der Waals surface area contributed by atoms with Crippen molar-refractivity contribution in [3.05, 3.63) is 24.3 Å². The van der Waals surface area contributed by atoms with E-state index in [-0.39, 0.29) is 11.2 Å². The monoisotopic (exact) mass is 251 g/mol. The lowest BCUT2D eigenvalue weighted by molar-refractivity contribution is -0.120. The molecule has 1 amide bonds. The number of thioether (sulfide) groups is 1. The molecule has 1 saturated carbocycles. The standard InChI is InChI=1S/C13H17NO2S/c1-9(13(15)14-10-3-4-10)17-12-7-5-11(16-2)6-8-12/h5-10H,3-4H2,1-2H3,(H,14,15). The molecular formula is C13H17NO2S. The number of benzene rings is 1. The first-order valence-corrected chi connectivity index (χ1v) is 6.68. The van der Waals surface area contributed by atoms with E-state index in [9.17, 15) is 4.79 Å². The van der Waals surface area contributed by atoms with Crippen molar-refractivity contribution >= 4 is 17.7 Å². The van der Waals surface area contributed by atoms with Gasteiger partial charge in [-0.2, -0.15) is 0 Å². The highest BCUT2D eigenvalue weighted by Gasteiger charge is 2.25. The van der Waals surface area contributed by atoms with Gasteiger partial charge in [0, 0.05) is 10.9 Å². The molecule has 1 aromatic carbocycles. The first kappa shape index (κ1) is 12.3. The fourth-order valence-corrected chi connectivity index (χ4v) is 2.33. The highest BCUT2D eigenvalue weighted by molar-refractivity contribution is 8.00. The molecule has 1 unspecified atom stereocenters. The largest absolute Gasteiger partial charge is 0.497 e. The quantitative estimate of drug-likeness (QED) is 0.817. The van der Waals surface area contributed by atoms with Gasteiger partial charge in [0.1, 0.15) is 5.75 Å². The van der Waals surface area contributed by atoms with Crippen LogP contribution in [-0.4, -0.2) is 24.3 Å². The van der Waals surface area contributed by atoms with Crippen LogP contribution in [0.3, 0.4) is 0 Å². The predicted molar refractivity (Wildman–Crippen MR) is 69.5 cm³/mol. The molecule has 0 heterocycles. The van der Waals surface area contributed by atoms with Gasteiger partial charge in [0.2, 0.25) is 5.91 Å². The topological polar surface area (TPSA) is 38.3 Å². The molecule has 0 saturated heterocycles. The van der Waals surface area contributed by atoms with Gasteiger partial charge in [0.15, 0.2) is 0 Å². The normalized spacial score (nSPS) is 16.4. The van der Waals surface area contributed by atoms with Crippen molar-refractivity contribution in [3.8, 4) is 5.75 Å². The minimum Gasteiger partial charge on any atom is -0.497 e. The van der Waals surface area contributed by atoms with E-state index in [4.69, 9.17) is 4.74 Å². The summed E-state index contributed by atoms with van der Waals surface area (Å²) in [6.45, 7) is 1.94. The molecule has 1 aliphatic rings. The highest BCUT2D eigenvalue weighted by atomic mass is 32.2.